The predicted octanol–water partition coefficient (Wildman–Crippen LogP) is 0.416. The molecule has 1 aliphatic heterocycles. The second-order valence-electron chi connectivity index (χ2n) is 9.98. The van der Waals surface area contributed by atoms with Crippen molar-refractivity contribution in [2.45, 2.75) is 62.9 Å². The van der Waals surface area contributed by atoms with Gasteiger partial charge >= 0.3 is 5.97 Å². The zero-order chi connectivity index (χ0) is 30.9. The number of aliphatic carboxylic acids is 1. The van der Waals surface area contributed by atoms with Crippen LogP contribution in [-0.2, 0) is 30.2 Å². The number of benzene rings is 2. The van der Waals surface area contributed by atoms with Crippen LogP contribution in [0.1, 0.15) is 37.0 Å². The van der Waals surface area contributed by atoms with Gasteiger partial charge in [-0.25, -0.2) is 4.79 Å². The van der Waals surface area contributed by atoms with E-state index in [9.17, 15) is 39.4 Å². The van der Waals surface area contributed by atoms with E-state index in [0.29, 0.717) is 11.3 Å². The van der Waals surface area contributed by atoms with Crippen LogP contribution in [0.15, 0.2) is 54.6 Å². The van der Waals surface area contributed by atoms with Crippen LogP contribution < -0.4 is 10.6 Å². The van der Waals surface area contributed by atoms with Crippen molar-refractivity contribution < 1.29 is 48.8 Å². The van der Waals surface area contributed by atoms with Crippen molar-refractivity contribution in [1.29, 1.82) is 0 Å². The predicted molar refractivity (Wildman–Crippen MR) is 154 cm³/mol. The Bertz CT molecular complexity index is 1180. The maximum atomic E-state index is 12.7. The molecule has 0 aliphatic carbocycles. The summed E-state index contributed by atoms with van der Waals surface area (Å²) in [5.41, 5.74) is 2.19. The third kappa shape index (κ3) is 8.74. The van der Waals surface area contributed by atoms with Crippen molar-refractivity contribution in [1.82, 2.24) is 10.6 Å². The second kappa shape index (κ2) is 15.4. The summed E-state index contributed by atoms with van der Waals surface area (Å²) in [6.45, 7) is 2.30. The van der Waals surface area contributed by atoms with Gasteiger partial charge < -0.3 is 45.1 Å². The first kappa shape index (κ1) is 33.5. The van der Waals surface area contributed by atoms with Gasteiger partial charge in [0.25, 0.3) is 11.7 Å². The first-order valence-electron chi connectivity index (χ1n) is 13.6. The first-order chi connectivity index (χ1) is 20.0. The van der Waals surface area contributed by atoms with Crippen molar-refractivity contribution >= 4 is 29.0 Å². The molecule has 0 spiro atoms. The first-order valence-corrected chi connectivity index (χ1v) is 15.1. The molecule has 0 aromatic heterocycles. The van der Waals surface area contributed by atoms with E-state index < -0.39 is 78.2 Å². The average molecular weight is 607 g/mol. The number of carboxylic acid groups (broad SMARTS) is 1. The number of carbonyl (C=O) groups excluding carboxylic acids is 2. The van der Waals surface area contributed by atoms with E-state index in [-0.39, 0.29) is 18.8 Å². The fourth-order valence-electron chi connectivity index (χ4n) is 4.64. The van der Waals surface area contributed by atoms with Gasteiger partial charge in [0.1, 0.15) is 23.7 Å². The Morgan fingerprint density at radius 1 is 1.12 bits per heavy atom. The molecular weight excluding hydrogens is 568 g/mol. The van der Waals surface area contributed by atoms with Crippen molar-refractivity contribution in [2.24, 2.45) is 0 Å². The lowest BCUT2D eigenvalue weighted by molar-refractivity contribution is -0.310. The standard InChI is InChI=1S/C29H38N2O10S/c1-3-42(39)15-7-14-40-29(28(37)38)16-22(33)24(31-18(2)32)26(41-29)25(35)23(34)17-30-27(36)21-12-10-20(11-13-21)19-8-5-4-6-9-19/h4-6,8-13,22-26,33-35H,3,7,14-17H2,1-2H3,(H,30,36)(H,31,32)(H,37,38)/t22?,23-,24-,25-,26-,29-,42?/m1/s1. The summed E-state index contributed by atoms with van der Waals surface area (Å²) in [4.78, 5) is 36.8. The Labute approximate surface area is 247 Å². The van der Waals surface area contributed by atoms with Crippen molar-refractivity contribution in [3.05, 3.63) is 60.2 Å². The van der Waals surface area contributed by atoms with E-state index in [4.69, 9.17) is 9.47 Å². The van der Waals surface area contributed by atoms with Gasteiger partial charge in [-0.1, -0.05) is 53.6 Å². The van der Waals surface area contributed by atoms with Gasteiger partial charge in [0.15, 0.2) is 0 Å². The Kier molecular flexibility index (Phi) is 12.3. The average Bonchev–Trinajstić information content (AvgIpc) is 2.98. The van der Waals surface area contributed by atoms with Gasteiger partial charge in [-0.05, 0) is 30.2 Å². The molecule has 230 valence electrons. The maximum absolute atomic E-state index is 12.7. The highest BCUT2D eigenvalue weighted by Gasteiger charge is 2.55. The number of aliphatic hydroxyl groups is 3. The minimum absolute atomic E-state index is 0.167. The van der Waals surface area contributed by atoms with E-state index in [1.54, 1.807) is 31.2 Å². The minimum atomic E-state index is -2.41. The van der Waals surface area contributed by atoms with E-state index in [1.807, 2.05) is 30.3 Å². The number of aliphatic hydroxyl groups excluding tert-OH is 3. The SMILES string of the molecule is CC[S+]([O-])CCCO[C@]1(C(=O)O)CC(O)[C@@H](NC(C)=O)[C@H]([C@H](O)[C@H](O)CNC(=O)c2ccc(-c3ccccc3)cc2)O1. The molecule has 1 heterocycles. The van der Waals surface area contributed by atoms with Crippen molar-refractivity contribution in [2.75, 3.05) is 24.7 Å². The van der Waals surface area contributed by atoms with Crippen LogP contribution in [0.25, 0.3) is 11.1 Å². The molecule has 3 rings (SSSR count). The Balaban J connectivity index is 1.69. The fraction of sp³-hybridized carbons (Fsp3) is 0.483. The van der Waals surface area contributed by atoms with Crippen LogP contribution >= 0.6 is 0 Å². The third-order valence-corrected chi connectivity index (χ3v) is 8.29. The molecule has 42 heavy (non-hydrogen) atoms. The Morgan fingerprint density at radius 3 is 2.36 bits per heavy atom. The third-order valence-electron chi connectivity index (χ3n) is 6.90. The lowest BCUT2D eigenvalue weighted by Crippen LogP contribution is -2.68. The number of nitrogens with one attached hydrogen (secondary N) is 2. The zero-order valence-corrected chi connectivity index (χ0v) is 24.3. The van der Waals surface area contributed by atoms with Crippen LogP contribution in [0.4, 0.5) is 0 Å². The van der Waals surface area contributed by atoms with Gasteiger partial charge in [-0.3, -0.25) is 9.59 Å². The quantitative estimate of drug-likeness (QED) is 0.129. The molecule has 12 nitrogen and oxygen atoms in total. The van der Waals surface area contributed by atoms with Crippen LogP contribution in [0.5, 0.6) is 0 Å². The highest BCUT2D eigenvalue weighted by atomic mass is 32.2. The highest BCUT2D eigenvalue weighted by molar-refractivity contribution is 7.91. The molecule has 6 N–H and O–H groups in total. The summed E-state index contributed by atoms with van der Waals surface area (Å²) < 4.78 is 22.9. The molecule has 13 heteroatoms. The summed E-state index contributed by atoms with van der Waals surface area (Å²) in [7, 11) is 0. The number of ether oxygens (including phenoxy) is 2. The van der Waals surface area contributed by atoms with Crippen LogP contribution in [0, 0.1) is 0 Å². The molecule has 0 bridgehead atoms. The maximum Gasteiger partial charge on any atom is 0.364 e. The molecule has 2 unspecified atom stereocenters. The number of hydrogen-bond donors (Lipinski definition) is 6. The van der Waals surface area contributed by atoms with E-state index in [1.165, 1.54) is 6.92 Å². The molecule has 0 radical (unpaired) electrons. The van der Waals surface area contributed by atoms with Gasteiger partial charge in [0, 0.05) is 31.9 Å². The number of hydrogen-bond acceptors (Lipinski definition) is 9. The zero-order valence-electron chi connectivity index (χ0n) is 23.5. The Hall–Kier alpha value is -3.04. The van der Waals surface area contributed by atoms with Gasteiger partial charge in [-0.15, -0.1) is 0 Å². The second-order valence-corrected chi connectivity index (χ2v) is 11.8. The summed E-state index contributed by atoms with van der Waals surface area (Å²) >= 11 is -1.10. The topological polar surface area (TPSA) is 198 Å². The highest BCUT2D eigenvalue weighted by Crippen LogP contribution is 2.33. The summed E-state index contributed by atoms with van der Waals surface area (Å²) in [5.74, 6) is -4.42. The van der Waals surface area contributed by atoms with Crippen LogP contribution in [0.3, 0.4) is 0 Å². The molecule has 7 atom stereocenters. The lowest BCUT2D eigenvalue weighted by Gasteiger charge is -2.46. The number of amides is 2. The molecule has 1 aliphatic rings. The van der Waals surface area contributed by atoms with Gasteiger partial charge in [0.05, 0.1) is 24.9 Å². The largest absolute Gasteiger partial charge is 0.616 e. The molecule has 0 saturated carbocycles. The Morgan fingerprint density at radius 2 is 1.76 bits per heavy atom. The molecule has 2 aromatic rings. The van der Waals surface area contributed by atoms with Crippen LogP contribution in [-0.4, -0.2) is 104 Å². The molecular formula is C29H38N2O10S. The van der Waals surface area contributed by atoms with E-state index in [0.717, 1.165) is 11.1 Å². The van der Waals surface area contributed by atoms with E-state index in [2.05, 4.69) is 10.6 Å². The monoisotopic (exact) mass is 606 g/mol. The number of carbonyl (C=O) groups is 3. The lowest BCUT2D eigenvalue weighted by atomic mass is 9.88. The molecule has 2 amide bonds. The molecule has 2 aromatic carbocycles. The number of carboxylic acids is 1. The molecule has 1 saturated heterocycles. The minimum Gasteiger partial charge on any atom is -0.616 e. The van der Waals surface area contributed by atoms with Gasteiger partial charge in [-0.2, -0.15) is 0 Å². The summed E-state index contributed by atoms with van der Waals surface area (Å²) in [6.07, 6.45) is -7.03. The fourth-order valence-corrected chi connectivity index (χ4v) is 5.36. The van der Waals surface area contributed by atoms with E-state index >= 15 is 0 Å². The van der Waals surface area contributed by atoms with Gasteiger partial charge in [0.2, 0.25) is 5.91 Å². The van der Waals surface area contributed by atoms with Crippen molar-refractivity contribution in [3.63, 3.8) is 0 Å². The normalized spacial score (nSPS) is 24.3. The van der Waals surface area contributed by atoms with Crippen LogP contribution in [0.2, 0.25) is 0 Å². The summed E-state index contributed by atoms with van der Waals surface area (Å²) in [5, 5.41) is 47.5. The summed E-state index contributed by atoms with van der Waals surface area (Å²) in [6, 6.07) is 15.0. The smallest absolute Gasteiger partial charge is 0.364 e. The molecule has 1 fully saturated rings. The van der Waals surface area contributed by atoms with Crippen molar-refractivity contribution in [3.8, 4) is 11.1 Å². The number of rotatable bonds is 14.